The van der Waals surface area contributed by atoms with E-state index in [2.05, 4.69) is 166 Å². The largest absolute Gasteiger partial charge is 0.366 e. The van der Waals surface area contributed by atoms with E-state index in [1.54, 1.807) is 0 Å². The minimum absolute atomic E-state index is 0.190. The van der Waals surface area contributed by atoms with E-state index < -0.39 is 5.91 Å². The molecular weight excluding hydrogens is 562 g/mol. The topological polar surface area (TPSA) is 43.1 Å². The Hall–Kier alpha value is -5.55. The van der Waals surface area contributed by atoms with E-state index in [4.69, 9.17) is 5.73 Å². The number of hydrogen-bond donors (Lipinski definition) is 1. The van der Waals surface area contributed by atoms with Crippen LogP contribution in [-0.2, 0) is 4.79 Å². The Labute approximate surface area is 271 Å². The lowest BCUT2D eigenvalue weighted by Crippen LogP contribution is -2.44. The van der Waals surface area contributed by atoms with Crippen molar-refractivity contribution in [2.24, 2.45) is 5.73 Å². The van der Waals surface area contributed by atoms with Crippen molar-refractivity contribution < 1.29 is 4.79 Å². The lowest BCUT2D eigenvalue weighted by molar-refractivity contribution is -0.114. The van der Waals surface area contributed by atoms with E-state index in [9.17, 15) is 4.79 Å². The van der Waals surface area contributed by atoms with E-state index in [1.807, 2.05) is 12.1 Å². The number of fused-ring (bicyclic) bond motifs is 2. The molecule has 0 saturated carbocycles. The third-order valence-electron chi connectivity index (χ3n) is 9.20. The Kier molecular flexibility index (Phi) is 7.45. The molecule has 2 unspecified atom stereocenters. The van der Waals surface area contributed by atoms with Crippen LogP contribution in [0.15, 0.2) is 169 Å². The van der Waals surface area contributed by atoms with Crippen LogP contribution in [0, 0.1) is 13.8 Å². The number of nitrogens with two attached hydrogens (primary N) is 1. The number of rotatable bonds is 5. The Morgan fingerprint density at radius 3 is 1.48 bits per heavy atom. The van der Waals surface area contributed by atoms with Crippen molar-refractivity contribution in [2.75, 3.05) is 6.54 Å². The molecule has 0 spiro atoms. The second-order valence-electron chi connectivity index (χ2n) is 12.2. The van der Waals surface area contributed by atoms with Crippen LogP contribution >= 0.6 is 0 Å². The fraction of sp³-hybridized carbons (Fsp3) is 0.0714. The predicted octanol–water partition coefficient (Wildman–Crippen LogP) is 10.3. The van der Waals surface area contributed by atoms with Crippen LogP contribution in [0.1, 0.15) is 11.1 Å². The molecule has 0 radical (unpaired) electrons. The van der Waals surface area contributed by atoms with Gasteiger partial charge in [0, 0.05) is 54.6 Å². The normalized spacial score (nSPS) is 19.0. The minimum atomic E-state index is -0.458. The van der Waals surface area contributed by atoms with Crippen LogP contribution in [0.5, 0.6) is 0 Å². The number of quaternary nitrogens is 2. The van der Waals surface area contributed by atoms with Gasteiger partial charge in [-0.15, -0.1) is 0 Å². The van der Waals surface area contributed by atoms with Crippen molar-refractivity contribution in [3.63, 3.8) is 0 Å². The molecule has 0 aliphatic carbocycles. The van der Waals surface area contributed by atoms with E-state index in [1.165, 1.54) is 0 Å². The van der Waals surface area contributed by atoms with Crippen molar-refractivity contribution in [3.8, 4) is 11.1 Å². The molecule has 1 amide bonds. The van der Waals surface area contributed by atoms with Crippen LogP contribution in [0.3, 0.4) is 0 Å². The lowest BCUT2D eigenvalue weighted by Gasteiger charge is -2.39. The fourth-order valence-corrected chi connectivity index (χ4v) is 6.92. The van der Waals surface area contributed by atoms with Gasteiger partial charge in [0.1, 0.15) is 52.4 Å². The average Bonchev–Trinajstić information content (AvgIpc) is 3.12. The summed E-state index contributed by atoms with van der Waals surface area (Å²) in [6.07, 6.45) is 2.08. The smallest absolute Gasteiger partial charge is 0.255 e. The first kappa shape index (κ1) is 29.2. The monoisotopic (exact) mass is 599 g/mol. The first-order chi connectivity index (χ1) is 22.4. The summed E-state index contributed by atoms with van der Waals surface area (Å²) in [5, 5.41) is 0. The molecular formula is C42H37N3O+2. The van der Waals surface area contributed by atoms with Gasteiger partial charge in [0.15, 0.2) is 0 Å². The van der Waals surface area contributed by atoms with E-state index >= 15 is 0 Å². The van der Waals surface area contributed by atoms with Crippen LogP contribution in [-0.4, -0.2) is 12.5 Å². The van der Waals surface area contributed by atoms with Crippen LogP contribution in [0.4, 0.5) is 34.1 Å². The zero-order chi connectivity index (χ0) is 31.7. The maximum atomic E-state index is 13.9. The Bertz CT molecular complexity index is 2050. The van der Waals surface area contributed by atoms with Gasteiger partial charge in [-0.1, -0.05) is 60.7 Å². The molecule has 0 aromatic heterocycles. The molecule has 46 heavy (non-hydrogen) atoms. The van der Waals surface area contributed by atoms with Crippen LogP contribution in [0.25, 0.3) is 11.1 Å². The molecule has 224 valence electrons. The average molecular weight is 600 g/mol. The van der Waals surface area contributed by atoms with Gasteiger partial charge >= 0.3 is 0 Å². The standard InChI is InChI=1S/C42H36N3O/c1-31-11-9-17-40(27-31)44(36-13-5-3-6-14-36)29-35(42(43)46)30-45(37-15-7-4-8-16-37,41-18-10-12-32(2)28-41)39-25-21-34(22-26-39)33-19-23-38(44)24-20-33/h3-29H,30H2,1-2H3,(H-,43,46)/q+1/p+1. The minimum Gasteiger partial charge on any atom is -0.366 e. The fourth-order valence-electron chi connectivity index (χ4n) is 6.92. The summed E-state index contributed by atoms with van der Waals surface area (Å²) in [5.41, 5.74) is 17.6. The number of primary amides is 1. The van der Waals surface area contributed by atoms with Crippen molar-refractivity contribution in [1.29, 1.82) is 0 Å². The Morgan fingerprint density at radius 2 is 0.935 bits per heavy atom. The molecule has 4 nitrogen and oxygen atoms in total. The maximum absolute atomic E-state index is 13.9. The molecule has 6 aromatic rings. The number of carbonyl (C=O) groups excluding carboxylic acids is 1. The number of para-hydroxylation sites is 2. The predicted molar refractivity (Wildman–Crippen MR) is 191 cm³/mol. The van der Waals surface area contributed by atoms with Crippen molar-refractivity contribution in [3.05, 3.63) is 181 Å². The lowest BCUT2D eigenvalue weighted by atomic mass is 10.0. The van der Waals surface area contributed by atoms with E-state index in [-0.39, 0.29) is 8.97 Å². The molecule has 2 N–H and O–H groups in total. The molecule has 9 rings (SSSR count). The van der Waals surface area contributed by atoms with Crippen LogP contribution in [0.2, 0.25) is 0 Å². The summed E-state index contributed by atoms with van der Waals surface area (Å²) in [4.78, 5) is 13.9. The molecule has 2 atom stereocenters. The van der Waals surface area contributed by atoms with Gasteiger partial charge in [0.25, 0.3) is 5.91 Å². The highest BCUT2D eigenvalue weighted by Gasteiger charge is 2.43. The van der Waals surface area contributed by atoms with Gasteiger partial charge in [-0.05, 0) is 78.6 Å². The molecule has 0 fully saturated rings. The summed E-state index contributed by atoms with van der Waals surface area (Å²) in [6.45, 7) is 4.51. The van der Waals surface area contributed by atoms with Gasteiger partial charge in [0.2, 0.25) is 0 Å². The van der Waals surface area contributed by atoms with Gasteiger partial charge in [0.05, 0.1) is 0 Å². The Morgan fingerprint density at radius 1 is 0.500 bits per heavy atom. The number of hydrogen-bond acceptors (Lipinski definition) is 1. The third kappa shape index (κ3) is 4.94. The summed E-state index contributed by atoms with van der Waals surface area (Å²) < 4.78 is 0.473. The molecule has 6 aromatic carbocycles. The summed E-state index contributed by atoms with van der Waals surface area (Å²) >= 11 is 0. The van der Waals surface area contributed by atoms with Crippen molar-refractivity contribution >= 4 is 40.0 Å². The highest BCUT2D eigenvalue weighted by atomic mass is 16.1. The molecule has 4 heteroatoms. The van der Waals surface area contributed by atoms with Gasteiger partial charge < -0.3 is 5.73 Å². The Balaban J connectivity index is 1.65. The number of carbonyl (C=O) groups is 1. The molecule has 3 aliphatic heterocycles. The zero-order valence-corrected chi connectivity index (χ0v) is 26.2. The van der Waals surface area contributed by atoms with Gasteiger partial charge in [-0.3, -0.25) is 4.79 Å². The first-order valence-corrected chi connectivity index (χ1v) is 15.7. The SMILES string of the molecule is Cc1cccc([N+]2(c3ccccc3)C=C(C(N)=O)C[N+](c3ccccc3)(c3cccc(C)c3)c3ccc(cc3)-c3ccc2cc3)c1. The molecule has 3 aliphatic rings. The highest BCUT2D eigenvalue weighted by molar-refractivity contribution is 5.95. The summed E-state index contributed by atoms with van der Waals surface area (Å²) in [6, 6.07) is 55.3. The summed E-state index contributed by atoms with van der Waals surface area (Å²) in [5.74, 6) is -0.458. The second-order valence-corrected chi connectivity index (χ2v) is 12.2. The van der Waals surface area contributed by atoms with Crippen molar-refractivity contribution in [1.82, 2.24) is 8.97 Å². The molecule has 4 bridgehead atoms. The van der Waals surface area contributed by atoms with E-state index in [0.29, 0.717) is 12.1 Å². The summed E-state index contributed by atoms with van der Waals surface area (Å²) in [7, 11) is 0. The van der Waals surface area contributed by atoms with Crippen molar-refractivity contribution in [2.45, 2.75) is 13.8 Å². The number of nitrogens with zero attached hydrogens (tertiary/aromatic N) is 2. The number of aryl methyl sites for hydroxylation is 2. The second kappa shape index (κ2) is 11.8. The quantitative estimate of drug-likeness (QED) is 0.197. The highest BCUT2D eigenvalue weighted by Crippen LogP contribution is 2.49. The maximum Gasteiger partial charge on any atom is 0.255 e. The zero-order valence-electron chi connectivity index (χ0n) is 26.2. The number of benzene rings is 6. The number of amides is 1. The third-order valence-corrected chi connectivity index (χ3v) is 9.20. The molecule has 3 heterocycles. The van der Waals surface area contributed by atoms with Crippen LogP contribution < -0.4 is 14.7 Å². The molecule has 0 saturated heterocycles. The van der Waals surface area contributed by atoms with Gasteiger partial charge in [-0.25, -0.2) is 4.48 Å². The first-order valence-electron chi connectivity index (χ1n) is 15.7. The van der Waals surface area contributed by atoms with Gasteiger partial charge in [-0.2, -0.15) is 4.48 Å². The van der Waals surface area contributed by atoms with E-state index in [0.717, 1.165) is 56.4 Å².